The molecule has 0 amide bonds. The van der Waals surface area contributed by atoms with Crippen molar-refractivity contribution in [3.05, 3.63) is 52.0 Å². The minimum Gasteiger partial charge on any atom is -0.264 e. The second-order valence-corrected chi connectivity index (χ2v) is 8.76. The van der Waals surface area contributed by atoms with Gasteiger partial charge in [-0.3, -0.25) is 4.31 Å². The first-order chi connectivity index (χ1) is 10.00. The second kappa shape index (κ2) is 5.83. The van der Waals surface area contributed by atoms with E-state index in [1.165, 1.54) is 10.4 Å². The van der Waals surface area contributed by atoms with Gasteiger partial charge in [0.1, 0.15) is 4.90 Å². The van der Waals surface area contributed by atoms with Crippen molar-refractivity contribution in [1.82, 2.24) is 0 Å². The molecule has 21 heavy (non-hydrogen) atoms. The zero-order valence-electron chi connectivity index (χ0n) is 10.8. The normalized spacial score (nSPS) is 14.9. The Kier molecular flexibility index (Phi) is 4.23. The van der Waals surface area contributed by atoms with Gasteiger partial charge in [-0.15, -0.1) is 11.8 Å². The predicted octanol–water partition coefficient (Wildman–Crippen LogP) is 4.40. The van der Waals surface area contributed by atoms with Gasteiger partial charge in [0.2, 0.25) is 0 Å². The highest BCUT2D eigenvalue weighted by Gasteiger charge is 2.30. The number of nitrogens with zero attached hydrogens (tertiary/aromatic N) is 1. The summed E-state index contributed by atoms with van der Waals surface area (Å²) in [6.07, 6.45) is 0. The molecule has 1 aliphatic heterocycles. The Labute approximate surface area is 141 Å². The molecule has 7 heteroatoms. The summed E-state index contributed by atoms with van der Waals surface area (Å²) in [5.41, 5.74) is 0.715. The summed E-state index contributed by atoms with van der Waals surface area (Å²) in [5.74, 6) is 0.727. The van der Waals surface area contributed by atoms with Crippen LogP contribution in [0.5, 0.6) is 0 Å². The van der Waals surface area contributed by atoms with Crippen LogP contribution >= 0.6 is 39.3 Å². The van der Waals surface area contributed by atoms with E-state index in [1.54, 1.807) is 23.9 Å². The van der Waals surface area contributed by atoms with E-state index >= 15 is 0 Å². The number of rotatable bonds is 2. The molecular weight excluding hydrogens is 394 g/mol. The molecule has 0 atom stereocenters. The van der Waals surface area contributed by atoms with E-state index in [0.717, 1.165) is 15.1 Å². The van der Waals surface area contributed by atoms with E-state index in [0.29, 0.717) is 12.2 Å². The highest BCUT2D eigenvalue weighted by atomic mass is 79.9. The van der Waals surface area contributed by atoms with Crippen molar-refractivity contribution in [3.63, 3.8) is 0 Å². The molecule has 0 radical (unpaired) electrons. The van der Waals surface area contributed by atoms with Crippen LogP contribution in [0.1, 0.15) is 0 Å². The minimum atomic E-state index is -3.66. The van der Waals surface area contributed by atoms with Crippen molar-refractivity contribution in [2.24, 2.45) is 0 Å². The van der Waals surface area contributed by atoms with Gasteiger partial charge >= 0.3 is 0 Å². The average Bonchev–Trinajstić information content (AvgIpc) is 2.46. The van der Waals surface area contributed by atoms with Crippen LogP contribution in [0, 0.1) is 0 Å². The van der Waals surface area contributed by atoms with Crippen molar-refractivity contribution >= 4 is 55.0 Å². The third-order valence-corrected chi connectivity index (χ3v) is 6.98. The van der Waals surface area contributed by atoms with Crippen molar-refractivity contribution in [1.29, 1.82) is 0 Å². The first kappa shape index (κ1) is 15.2. The molecule has 0 aliphatic carbocycles. The number of para-hydroxylation sites is 1. The summed E-state index contributed by atoms with van der Waals surface area (Å²) in [5, 5.41) is 0.222. The summed E-state index contributed by atoms with van der Waals surface area (Å²) in [7, 11) is -3.66. The van der Waals surface area contributed by atoms with Crippen LogP contribution in [-0.4, -0.2) is 20.7 Å². The summed E-state index contributed by atoms with van der Waals surface area (Å²) in [6.45, 7) is 0.441. The largest absolute Gasteiger partial charge is 0.265 e. The molecule has 1 aliphatic rings. The van der Waals surface area contributed by atoms with Gasteiger partial charge in [0.25, 0.3) is 10.0 Å². The molecule has 0 unspecified atom stereocenters. The molecule has 0 fully saturated rings. The van der Waals surface area contributed by atoms with Crippen molar-refractivity contribution in [2.75, 3.05) is 16.6 Å². The Morgan fingerprint density at radius 1 is 1.19 bits per heavy atom. The molecule has 0 saturated heterocycles. The second-order valence-electron chi connectivity index (χ2n) is 4.47. The fraction of sp³-hybridized carbons (Fsp3) is 0.143. The number of fused-ring (bicyclic) bond motifs is 1. The van der Waals surface area contributed by atoms with Gasteiger partial charge < -0.3 is 0 Å². The van der Waals surface area contributed by atoms with Crippen LogP contribution in [0.2, 0.25) is 5.02 Å². The van der Waals surface area contributed by atoms with Crippen molar-refractivity contribution in [2.45, 2.75) is 9.79 Å². The number of hydrogen-bond acceptors (Lipinski definition) is 3. The highest BCUT2D eigenvalue weighted by Crippen LogP contribution is 2.38. The van der Waals surface area contributed by atoms with Crippen molar-refractivity contribution in [3.8, 4) is 0 Å². The van der Waals surface area contributed by atoms with E-state index in [2.05, 4.69) is 15.9 Å². The minimum absolute atomic E-state index is 0.133. The smallest absolute Gasteiger partial charge is 0.264 e. The maximum Gasteiger partial charge on any atom is 0.265 e. The molecule has 0 N–H and O–H groups in total. The van der Waals surface area contributed by atoms with Crippen LogP contribution in [-0.2, 0) is 10.0 Å². The molecule has 0 saturated carbocycles. The van der Waals surface area contributed by atoms with Gasteiger partial charge in [-0.2, -0.15) is 0 Å². The standard InChI is InChI=1S/C14H11BrClNO2S2/c15-10-5-6-14(11(16)9-10)21(18,19)17-7-8-20-13-4-2-1-3-12(13)17/h1-6,9H,7-8H2. The lowest BCUT2D eigenvalue weighted by Gasteiger charge is -2.30. The zero-order chi connectivity index (χ0) is 15.0. The topological polar surface area (TPSA) is 37.4 Å². The Morgan fingerprint density at radius 2 is 1.95 bits per heavy atom. The summed E-state index contributed by atoms with van der Waals surface area (Å²) in [6, 6.07) is 12.3. The molecule has 2 aromatic carbocycles. The number of sulfonamides is 1. The van der Waals surface area contributed by atoms with Crippen LogP contribution in [0.4, 0.5) is 5.69 Å². The van der Waals surface area contributed by atoms with Gasteiger partial charge in [0.05, 0.1) is 10.7 Å². The predicted molar refractivity (Wildman–Crippen MR) is 90.8 cm³/mol. The highest BCUT2D eigenvalue weighted by molar-refractivity contribution is 9.10. The van der Waals surface area contributed by atoms with Gasteiger partial charge in [-0.05, 0) is 30.3 Å². The Morgan fingerprint density at radius 3 is 2.71 bits per heavy atom. The molecule has 0 bridgehead atoms. The quantitative estimate of drug-likeness (QED) is 0.744. The van der Waals surface area contributed by atoms with E-state index in [1.807, 2.05) is 24.3 Å². The lowest BCUT2D eigenvalue weighted by Crippen LogP contribution is -2.35. The van der Waals surface area contributed by atoms with Crippen LogP contribution < -0.4 is 4.31 Å². The maximum atomic E-state index is 12.9. The van der Waals surface area contributed by atoms with Gasteiger partial charge in [0.15, 0.2) is 0 Å². The molecule has 0 aromatic heterocycles. The molecule has 0 spiro atoms. The molecule has 3 nitrogen and oxygen atoms in total. The van der Waals surface area contributed by atoms with E-state index < -0.39 is 10.0 Å². The van der Waals surface area contributed by atoms with E-state index in [9.17, 15) is 8.42 Å². The van der Waals surface area contributed by atoms with Crippen LogP contribution in [0.3, 0.4) is 0 Å². The lowest BCUT2D eigenvalue weighted by molar-refractivity contribution is 0.591. The van der Waals surface area contributed by atoms with E-state index in [-0.39, 0.29) is 9.92 Å². The molecule has 2 aromatic rings. The average molecular weight is 405 g/mol. The van der Waals surface area contributed by atoms with E-state index in [4.69, 9.17) is 11.6 Å². The zero-order valence-corrected chi connectivity index (χ0v) is 14.8. The van der Waals surface area contributed by atoms with Gasteiger partial charge in [-0.25, -0.2) is 8.42 Å². The van der Waals surface area contributed by atoms with Gasteiger partial charge in [0, 0.05) is 21.7 Å². The molecule has 110 valence electrons. The number of anilines is 1. The third kappa shape index (κ3) is 2.82. The van der Waals surface area contributed by atoms with Gasteiger partial charge in [-0.1, -0.05) is 39.7 Å². The summed E-state index contributed by atoms with van der Waals surface area (Å²) < 4.78 is 28.0. The Bertz CT molecular complexity index is 795. The molecule has 3 rings (SSSR count). The monoisotopic (exact) mass is 403 g/mol. The lowest BCUT2D eigenvalue weighted by atomic mass is 10.3. The first-order valence-electron chi connectivity index (χ1n) is 6.20. The third-order valence-electron chi connectivity index (χ3n) is 3.15. The Balaban J connectivity index is 2.12. The van der Waals surface area contributed by atoms with Crippen LogP contribution in [0.15, 0.2) is 56.7 Å². The fourth-order valence-corrected chi connectivity index (χ4v) is 5.86. The summed E-state index contributed by atoms with van der Waals surface area (Å²) >= 11 is 11.1. The first-order valence-corrected chi connectivity index (χ1v) is 9.79. The number of hydrogen-bond donors (Lipinski definition) is 0. The number of halogens is 2. The van der Waals surface area contributed by atoms with Crippen LogP contribution in [0.25, 0.3) is 0 Å². The number of benzene rings is 2. The number of thioether (sulfide) groups is 1. The maximum absolute atomic E-state index is 12.9. The molecular formula is C14H11BrClNO2S2. The fourth-order valence-electron chi connectivity index (χ4n) is 2.20. The SMILES string of the molecule is O=S(=O)(c1ccc(Br)cc1Cl)N1CCSc2ccccc21. The Hall–Kier alpha value is -0.690. The summed E-state index contributed by atoms with van der Waals surface area (Å²) in [4.78, 5) is 1.11. The molecule has 1 heterocycles. The van der Waals surface area contributed by atoms with Crippen molar-refractivity contribution < 1.29 is 8.42 Å².